The number of nitrogens with zero attached hydrogens (tertiary/aromatic N) is 1. The van der Waals surface area contributed by atoms with Crippen molar-refractivity contribution in [2.45, 2.75) is 37.5 Å². The van der Waals surface area contributed by atoms with Crippen molar-refractivity contribution in [2.75, 3.05) is 4.72 Å². The first-order valence-corrected chi connectivity index (χ1v) is 11.6. The Morgan fingerprint density at radius 3 is 1.93 bits per heavy atom. The van der Waals surface area contributed by atoms with Gasteiger partial charge in [0.2, 0.25) is 0 Å². The van der Waals surface area contributed by atoms with E-state index >= 15 is 0 Å². The molecule has 0 unspecified atom stereocenters. The third-order valence-electron chi connectivity index (χ3n) is 4.61. The smallest absolute Gasteiger partial charge is 0.268 e. The Kier molecular flexibility index (Phi) is 5.12. The average molecular weight is 419 g/mol. The van der Waals surface area contributed by atoms with Gasteiger partial charge < -0.3 is 0 Å². The van der Waals surface area contributed by atoms with E-state index < -0.39 is 20.0 Å². The van der Waals surface area contributed by atoms with Crippen molar-refractivity contribution < 1.29 is 16.8 Å². The van der Waals surface area contributed by atoms with Crippen molar-refractivity contribution in [2.24, 2.45) is 0 Å². The summed E-state index contributed by atoms with van der Waals surface area (Å²) in [5, 5.41) is 0. The molecule has 6 nitrogen and oxygen atoms in total. The van der Waals surface area contributed by atoms with Gasteiger partial charge in [-0.05, 0) is 57.0 Å². The minimum atomic E-state index is -3.97. The molecule has 0 radical (unpaired) electrons. The molecule has 1 aromatic heterocycles. The van der Waals surface area contributed by atoms with E-state index in [2.05, 4.69) is 4.72 Å². The molecule has 0 aliphatic carbocycles. The fourth-order valence-electron chi connectivity index (χ4n) is 3.22. The first kappa shape index (κ1) is 20.2. The molecular formula is C20H22N2O4S2. The van der Waals surface area contributed by atoms with Crippen molar-refractivity contribution in [3.05, 3.63) is 77.1 Å². The zero-order valence-electron chi connectivity index (χ0n) is 16.1. The van der Waals surface area contributed by atoms with E-state index in [1.807, 2.05) is 32.0 Å². The lowest BCUT2D eigenvalue weighted by molar-refractivity contribution is 0.584. The summed E-state index contributed by atoms with van der Waals surface area (Å²) >= 11 is 0. The summed E-state index contributed by atoms with van der Waals surface area (Å²) in [4.78, 5) is 0.0376. The molecule has 0 atom stereocenters. The van der Waals surface area contributed by atoms with Crippen molar-refractivity contribution >= 4 is 25.7 Å². The summed E-state index contributed by atoms with van der Waals surface area (Å²) in [7, 11) is -7.87. The number of aryl methyl sites for hydroxylation is 3. The van der Waals surface area contributed by atoms with Crippen LogP contribution in [0.3, 0.4) is 0 Å². The van der Waals surface area contributed by atoms with Crippen LogP contribution in [0, 0.1) is 27.7 Å². The highest BCUT2D eigenvalue weighted by atomic mass is 32.2. The van der Waals surface area contributed by atoms with E-state index in [-0.39, 0.29) is 15.5 Å². The molecule has 1 heterocycles. The van der Waals surface area contributed by atoms with Crippen molar-refractivity contribution in [3.8, 4) is 0 Å². The van der Waals surface area contributed by atoms with E-state index in [0.717, 1.165) is 15.1 Å². The number of benzene rings is 2. The zero-order valence-corrected chi connectivity index (χ0v) is 17.7. The maximum atomic E-state index is 13.0. The highest BCUT2D eigenvalue weighted by Crippen LogP contribution is 2.29. The maximum absolute atomic E-state index is 13.0. The SMILES string of the molecule is Cc1cccc(C)c1NS(=O)(=O)c1cc(C)n(S(=O)(=O)c2ccccc2)c1C. The van der Waals surface area contributed by atoms with Gasteiger partial charge >= 0.3 is 0 Å². The van der Waals surface area contributed by atoms with Crippen LogP contribution < -0.4 is 4.72 Å². The topological polar surface area (TPSA) is 85.2 Å². The van der Waals surface area contributed by atoms with Gasteiger partial charge in [-0.25, -0.2) is 20.8 Å². The molecule has 0 aliphatic rings. The standard InChI is InChI=1S/C20H22N2O4S2/c1-14-9-8-10-15(2)20(14)21-27(23,24)19-13-16(3)22(17(19)4)28(25,26)18-11-6-5-7-12-18/h5-13,21H,1-4H3. The second-order valence-electron chi connectivity index (χ2n) is 6.69. The quantitative estimate of drug-likeness (QED) is 0.684. The van der Waals surface area contributed by atoms with E-state index in [1.165, 1.54) is 25.1 Å². The van der Waals surface area contributed by atoms with Gasteiger partial charge in [0.1, 0.15) is 4.90 Å². The Bertz CT molecular complexity index is 1220. The van der Waals surface area contributed by atoms with Crippen LogP contribution in [-0.4, -0.2) is 20.8 Å². The van der Waals surface area contributed by atoms with Gasteiger partial charge in [-0.1, -0.05) is 36.4 Å². The van der Waals surface area contributed by atoms with Crippen LogP contribution in [0.5, 0.6) is 0 Å². The van der Waals surface area contributed by atoms with Gasteiger partial charge in [-0.15, -0.1) is 0 Å². The zero-order chi connectivity index (χ0) is 20.7. The summed E-state index contributed by atoms with van der Waals surface area (Å²) in [5.74, 6) is 0. The molecule has 3 rings (SSSR count). The minimum Gasteiger partial charge on any atom is -0.279 e. The summed E-state index contributed by atoms with van der Waals surface area (Å²) in [5.41, 5.74) is 2.53. The molecular weight excluding hydrogens is 396 g/mol. The molecule has 0 aliphatic heterocycles. The molecule has 148 valence electrons. The first-order chi connectivity index (χ1) is 13.1. The van der Waals surface area contributed by atoms with Crippen LogP contribution in [-0.2, 0) is 20.0 Å². The van der Waals surface area contributed by atoms with Crippen LogP contribution in [0.25, 0.3) is 0 Å². The first-order valence-electron chi connectivity index (χ1n) is 8.64. The highest BCUT2D eigenvalue weighted by Gasteiger charge is 2.28. The summed E-state index contributed by atoms with van der Waals surface area (Å²) in [6.45, 7) is 6.69. The molecule has 0 spiro atoms. The molecule has 28 heavy (non-hydrogen) atoms. The number of hydrogen-bond donors (Lipinski definition) is 1. The molecule has 8 heteroatoms. The van der Waals surface area contributed by atoms with Gasteiger partial charge in [-0.2, -0.15) is 0 Å². The monoisotopic (exact) mass is 418 g/mol. The lowest BCUT2D eigenvalue weighted by Crippen LogP contribution is -2.18. The van der Waals surface area contributed by atoms with Crippen molar-refractivity contribution in [1.29, 1.82) is 0 Å². The van der Waals surface area contributed by atoms with Crippen LogP contribution in [0.1, 0.15) is 22.5 Å². The van der Waals surface area contributed by atoms with Gasteiger partial charge in [-0.3, -0.25) is 4.72 Å². The minimum absolute atomic E-state index is 0.0628. The van der Waals surface area contributed by atoms with E-state index in [0.29, 0.717) is 11.4 Å². The Hall–Kier alpha value is -2.58. The Morgan fingerprint density at radius 1 is 0.786 bits per heavy atom. The molecule has 0 saturated heterocycles. The second kappa shape index (κ2) is 7.10. The van der Waals surface area contributed by atoms with E-state index in [9.17, 15) is 16.8 Å². The lowest BCUT2D eigenvalue weighted by Gasteiger charge is -2.14. The Labute approximate surface area is 165 Å². The number of anilines is 1. The number of para-hydroxylation sites is 1. The van der Waals surface area contributed by atoms with Crippen molar-refractivity contribution in [3.63, 3.8) is 0 Å². The fraction of sp³-hybridized carbons (Fsp3) is 0.200. The second-order valence-corrected chi connectivity index (χ2v) is 10.1. The molecule has 0 saturated carbocycles. The summed E-state index contributed by atoms with van der Waals surface area (Å²) in [6.07, 6.45) is 0. The molecule has 2 aromatic carbocycles. The van der Waals surface area contributed by atoms with E-state index in [1.54, 1.807) is 25.1 Å². The van der Waals surface area contributed by atoms with Gasteiger partial charge in [0.05, 0.1) is 16.3 Å². The summed E-state index contributed by atoms with van der Waals surface area (Å²) < 4.78 is 55.8. The predicted molar refractivity (Wildman–Crippen MR) is 110 cm³/mol. The Balaban J connectivity index is 2.12. The van der Waals surface area contributed by atoms with Gasteiger partial charge in [0, 0.05) is 5.69 Å². The lowest BCUT2D eigenvalue weighted by atomic mass is 10.1. The highest BCUT2D eigenvalue weighted by molar-refractivity contribution is 7.93. The van der Waals surface area contributed by atoms with Crippen LogP contribution >= 0.6 is 0 Å². The predicted octanol–water partition coefficient (Wildman–Crippen LogP) is 3.76. The normalized spacial score (nSPS) is 12.1. The number of aromatic nitrogens is 1. The molecule has 0 bridgehead atoms. The molecule has 0 fully saturated rings. The van der Waals surface area contributed by atoms with Crippen LogP contribution in [0.15, 0.2) is 64.4 Å². The maximum Gasteiger partial charge on any atom is 0.268 e. The average Bonchev–Trinajstić information content (AvgIpc) is 2.95. The Morgan fingerprint density at radius 2 is 1.36 bits per heavy atom. The molecule has 1 N–H and O–H groups in total. The number of sulfonamides is 1. The third-order valence-corrected chi connectivity index (χ3v) is 7.99. The van der Waals surface area contributed by atoms with Crippen LogP contribution in [0.4, 0.5) is 5.69 Å². The van der Waals surface area contributed by atoms with Gasteiger partial charge in [0.15, 0.2) is 0 Å². The number of rotatable bonds is 5. The largest absolute Gasteiger partial charge is 0.279 e. The number of nitrogens with one attached hydrogen (secondary N) is 1. The fourth-order valence-corrected chi connectivity index (χ4v) is 6.39. The number of hydrogen-bond acceptors (Lipinski definition) is 4. The van der Waals surface area contributed by atoms with E-state index in [4.69, 9.17) is 0 Å². The molecule has 3 aromatic rings. The third kappa shape index (κ3) is 3.45. The van der Waals surface area contributed by atoms with Gasteiger partial charge in [0.25, 0.3) is 20.0 Å². The molecule has 0 amide bonds. The summed E-state index contributed by atoms with van der Waals surface area (Å²) in [6, 6.07) is 14.8. The van der Waals surface area contributed by atoms with Crippen LogP contribution in [0.2, 0.25) is 0 Å². The van der Waals surface area contributed by atoms with Crippen molar-refractivity contribution in [1.82, 2.24) is 3.97 Å².